The predicted octanol–water partition coefficient (Wildman–Crippen LogP) is 0.279. The summed E-state index contributed by atoms with van der Waals surface area (Å²) in [5.41, 5.74) is 0. The topological polar surface area (TPSA) is 87.7 Å². The van der Waals surface area contributed by atoms with Gasteiger partial charge >= 0.3 is 6.09 Å². The number of hydrogen-bond acceptors (Lipinski definition) is 5. The van der Waals surface area contributed by atoms with E-state index in [9.17, 15) is 13.2 Å². The van der Waals surface area contributed by atoms with E-state index in [2.05, 4.69) is 10.0 Å². The molecule has 2 aliphatic rings. The molecular formula is C13H25N3O4S. The first-order valence-electron chi connectivity index (χ1n) is 7.65. The van der Waals surface area contributed by atoms with E-state index in [0.717, 1.165) is 19.4 Å². The van der Waals surface area contributed by atoms with Gasteiger partial charge in [-0.3, -0.25) is 0 Å². The van der Waals surface area contributed by atoms with Gasteiger partial charge in [-0.2, -0.15) is 0 Å². The van der Waals surface area contributed by atoms with Gasteiger partial charge in [-0.1, -0.05) is 0 Å². The van der Waals surface area contributed by atoms with E-state index in [1.165, 1.54) is 0 Å². The molecule has 1 unspecified atom stereocenters. The Balaban J connectivity index is 1.75. The van der Waals surface area contributed by atoms with Crippen molar-refractivity contribution in [2.24, 2.45) is 0 Å². The number of sulfonamides is 1. The predicted molar refractivity (Wildman–Crippen MR) is 79.6 cm³/mol. The fourth-order valence-electron chi connectivity index (χ4n) is 2.86. The first-order chi connectivity index (χ1) is 10.00. The molecule has 8 heteroatoms. The first kappa shape index (κ1) is 16.5. The van der Waals surface area contributed by atoms with Gasteiger partial charge in [-0.15, -0.1) is 0 Å². The van der Waals surface area contributed by atoms with E-state index in [-0.39, 0.29) is 23.9 Å². The number of carbonyl (C=O) groups excluding carboxylic acids is 1. The molecule has 2 rings (SSSR count). The van der Waals surface area contributed by atoms with E-state index in [1.807, 2.05) is 0 Å². The minimum atomic E-state index is -3.26. The average molecular weight is 319 g/mol. The van der Waals surface area contributed by atoms with E-state index < -0.39 is 10.0 Å². The Morgan fingerprint density at radius 3 is 2.62 bits per heavy atom. The number of amides is 1. The smallest absolute Gasteiger partial charge is 0.409 e. The van der Waals surface area contributed by atoms with Crippen molar-refractivity contribution < 1.29 is 17.9 Å². The Bertz CT molecular complexity index is 440. The largest absolute Gasteiger partial charge is 0.450 e. The molecule has 0 radical (unpaired) electrons. The molecule has 2 saturated heterocycles. The zero-order valence-electron chi connectivity index (χ0n) is 12.5. The summed E-state index contributed by atoms with van der Waals surface area (Å²) in [5.74, 6) is 0.144. The summed E-state index contributed by atoms with van der Waals surface area (Å²) in [4.78, 5) is 13.2. The minimum Gasteiger partial charge on any atom is -0.450 e. The standard InChI is InChI=1S/C13H25N3O4S/c1-2-20-13(17)16-8-5-11(6-9-16)15-21(18,19)10-12-4-3-7-14-12/h11-12,14-15H,2-10H2,1H3. The number of hydrogen-bond donors (Lipinski definition) is 2. The number of piperidine rings is 1. The zero-order valence-corrected chi connectivity index (χ0v) is 13.3. The Labute approximate surface area is 126 Å². The highest BCUT2D eigenvalue weighted by Gasteiger charge is 2.28. The number of likely N-dealkylation sites (tertiary alicyclic amines) is 1. The molecule has 7 nitrogen and oxygen atoms in total. The van der Waals surface area contributed by atoms with Gasteiger partial charge in [0, 0.05) is 25.2 Å². The van der Waals surface area contributed by atoms with Gasteiger partial charge in [0.05, 0.1) is 12.4 Å². The molecule has 21 heavy (non-hydrogen) atoms. The van der Waals surface area contributed by atoms with Crippen LogP contribution in [-0.2, 0) is 14.8 Å². The monoisotopic (exact) mass is 319 g/mol. The molecule has 0 spiro atoms. The van der Waals surface area contributed by atoms with Crippen molar-refractivity contribution in [2.75, 3.05) is 32.0 Å². The van der Waals surface area contributed by atoms with Gasteiger partial charge in [0.25, 0.3) is 0 Å². The minimum absolute atomic E-state index is 0.0714. The lowest BCUT2D eigenvalue weighted by molar-refractivity contribution is 0.0966. The normalized spacial score (nSPS) is 24.2. The van der Waals surface area contributed by atoms with Crippen LogP contribution in [0, 0.1) is 0 Å². The van der Waals surface area contributed by atoms with Crippen LogP contribution in [0.3, 0.4) is 0 Å². The van der Waals surface area contributed by atoms with Gasteiger partial charge in [0.15, 0.2) is 0 Å². The zero-order chi connectivity index (χ0) is 15.3. The maximum atomic E-state index is 12.1. The molecule has 0 aromatic rings. The third-order valence-corrected chi connectivity index (χ3v) is 5.48. The molecule has 1 atom stereocenters. The molecule has 0 aromatic heterocycles. The lowest BCUT2D eigenvalue weighted by Gasteiger charge is -2.31. The van der Waals surface area contributed by atoms with Gasteiger partial charge in [-0.05, 0) is 39.2 Å². The first-order valence-corrected chi connectivity index (χ1v) is 9.30. The highest BCUT2D eigenvalue weighted by atomic mass is 32.2. The van der Waals surface area contributed by atoms with Crippen LogP contribution in [0.15, 0.2) is 0 Å². The molecule has 2 fully saturated rings. The van der Waals surface area contributed by atoms with Crippen LogP contribution in [0.2, 0.25) is 0 Å². The summed E-state index contributed by atoms with van der Waals surface area (Å²) in [6, 6.07) is -0.01000. The van der Waals surface area contributed by atoms with Crippen molar-refractivity contribution in [3.05, 3.63) is 0 Å². The summed E-state index contributed by atoms with van der Waals surface area (Å²) in [6.45, 7) is 4.11. The van der Waals surface area contributed by atoms with Crippen LogP contribution in [0.5, 0.6) is 0 Å². The molecule has 1 amide bonds. The van der Waals surface area contributed by atoms with Crippen LogP contribution in [0.25, 0.3) is 0 Å². The molecular weight excluding hydrogens is 294 g/mol. The second-order valence-corrected chi connectivity index (χ2v) is 7.45. The van der Waals surface area contributed by atoms with Crippen LogP contribution in [0.4, 0.5) is 4.79 Å². The molecule has 2 aliphatic heterocycles. The van der Waals surface area contributed by atoms with Crippen LogP contribution in [0.1, 0.15) is 32.6 Å². The number of nitrogens with zero attached hydrogens (tertiary/aromatic N) is 1. The maximum Gasteiger partial charge on any atom is 0.409 e. The molecule has 0 aromatic carbocycles. The quantitative estimate of drug-likeness (QED) is 0.760. The maximum absolute atomic E-state index is 12.1. The van der Waals surface area contributed by atoms with Gasteiger partial charge in [0.1, 0.15) is 0 Å². The fraction of sp³-hybridized carbons (Fsp3) is 0.923. The van der Waals surface area contributed by atoms with Crippen molar-refractivity contribution in [3.63, 3.8) is 0 Å². The van der Waals surface area contributed by atoms with E-state index in [4.69, 9.17) is 4.74 Å². The SMILES string of the molecule is CCOC(=O)N1CCC(NS(=O)(=O)CC2CCCN2)CC1. The van der Waals surface area contributed by atoms with Crippen molar-refractivity contribution in [2.45, 2.75) is 44.7 Å². The van der Waals surface area contributed by atoms with Crippen LogP contribution < -0.4 is 10.0 Å². The number of ether oxygens (including phenoxy) is 1. The van der Waals surface area contributed by atoms with Gasteiger partial charge < -0.3 is 15.0 Å². The summed E-state index contributed by atoms with van der Waals surface area (Å²) < 4.78 is 31.9. The van der Waals surface area contributed by atoms with Crippen molar-refractivity contribution in [1.29, 1.82) is 0 Å². The fourth-order valence-corrected chi connectivity index (χ4v) is 4.51. The third-order valence-electron chi connectivity index (χ3n) is 3.95. The van der Waals surface area contributed by atoms with E-state index in [0.29, 0.717) is 32.5 Å². The van der Waals surface area contributed by atoms with Gasteiger partial charge in [-0.25, -0.2) is 17.9 Å². The lowest BCUT2D eigenvalue weighted by atomic mass is 10.1. The van der Waals surface area contributed by atoms with Crippen LogP contribution in [-0.4, -0.2) is 63.5 Å². The summed E-state index contributed by atoms with van der Waals surface area (Å²) >= 11 is 0. The summed E-state index contributed by atoms with van der Waals surface area (Å²) in [6.07, 6.45) is 2.92. The number of nitrogens with one attached hydrogen (secondary N) is 2. The highest BCUT2D eigenvalue weighted by molar-refractivity contribution is 7.89. The van der Waals surface area contributed by atoms with Gasteiger partial charge in [0.2, 0.25) is 10.0 Å². The third kappa shape index (κ3) is 5.12. The molecule has 0 saturated carbocycles. The second-order valence-electron chi connectivity index (χ2n) is 5.65. The average Bonchev–Trinajstić information content (AvgIpc) is 2.91. The Morgan fingerprint density at radius 1 is 1.33 bits per heavy atom. The summed E-state index contributed by atoms with van der Waals surface area (Å²) in [7, 11) is -3.26. The highest BCUT2D eigenvalue weighted by Crippen LogP contribution is 2.14. The number of rotatable bonds is 5. The van der Waals surface area contributed by atoms with Crippen molar-refractivity contribution in [3.8, 4) is 0 Å². The van der Waals surface area contributed by atoms with Crippen molar-refractivity contribution >= 4 is 16.1 Å². The van der Waals surface area contributed by atoms with E-state index >= 15 is 0 Å². The Kier molecular flexibility index (Phi) is 5.83. The molecule has 122 valence electrons. The molecule has 0 aliphatic carbocycles. The molecule has 0 bridgehead atoms. The number of carbonyl (C=O) groups is 1. The molecule has 2 heterocycles. The van der Waals surface area contributed by atoms with E-state index in [1.54, 1.807) is 11.8 Å². The van der Waals surface area contributed by atoms with Crippen molar-refractivity contribution in [1.82, 2.24) is 14.9 Å². The Morgan fingerprint density at radius 2 is 2.05 bits per heavy atom. The lowest BCUT2D eigenvalue weighted by Crippen LogP contribution is -2.48. The Hall–Kier alpha value is -0.860. The molecule has 2 N–H and O–H groups in total. The van der Waals surface area contributed by atoms with Crippen LogP contribution >= 0.6 is 0 Å². The summed E-state index contributed by atoms with van der Waals surface area (Å²) in [5, 5.41) is 3.20. The second kappa shape index (κ2) is 7.42.